The number of hydrogen-bond donors (Lipinski definition) is 2. The Hall–Kier alpha value is -0.300. The molecule has 1 aromatic rings. The van der Waals surface area contributed by atoms with E-state index in [1.165, 1.54) is 49.9 Å². The van der Waals surface area contributed by atoms with Gasteiger partial charge in [0.05, 0.1) is 12.0 Å². The Bertz CT molecular complexity index is 462. The van der Waals surface area contributed by atoms with Crippen LogP contribution in [0.15, 0.2) is 9.85 Å². The first-order chi connectivity index (χ1) is 10.2. The fourth-order valence-electron chi connectivity index (χ4n) is 2.63. The molecule has 1 saturated carbocycles. The highest BCUT2D eigenvalue weighted by atomic mass is 79.9. The normalized spacial score (nSPS) is 15.7. The minimum atomic E-state index is -0.0355. The van der Waals surface area contributed by atoms with Crippen molar-refractivity contribution in [2.24, 2.45) is 0 Å². The fourth-order valence-corrected chi connectivity index (χ4v) is 4.19. The number of nitrogens with one attached hydrogen (secondary N) is 2. The summed E-state index contributed by atoms with van der Waals surface area (Å²) in [6.07, 6.45) is 7.92. The van der Waals surface area contributed by atoms with Crippen molar-refractivity contribution in [3.8, 4) is 5.75 Å². The molecule has 22 heavy (non-hydrogen) atoms. The predicted molar refractivity (Wildman–Crippen MR) is 97.6 cm³/mol. The lowest BCUT2D eigenvalue weighted by Gasteiger charge is -2.16. The van der Waals surface area contributed by atoms with Crippen LogP contribution < -0.4 is 15.4 Å². The van der Waals surface area contributed by atoms with Crippen LogP contribution in [-0.2, 0) is 0 Å². The molecule has 0 saturated heterocycles. The smallest absolute Gasteiger partial charge is 0.261 e. The highest BCUT2D eigenvalue weighted by Crippen LogP contribution is 2.34. The van der Waals surface area contributed by atoms with Crippen molar-refractivity contribution in [3.05, 3.63) is 14.7 Å². The Morgan fingerprint density at radius 2 is 2.00 bits per heavy atom. The van der Waals surface area contributed by atoms with Gasteiger partial charge in [0.1, 0.15) is 9.54 Å². The van der Waals surface area contributed by atoms with Gasteiger partial charge in [0, 0.05) is 25.2 Å². The van der Waals surface area contributed by atoms with E-state index in [0.717, 1.165) is 10.3 Å². The molecule has 0 unspecified atom stereocenters. The number of ether oxygens (including phenoxy) is 1. The van der Waals surface area contributed by atoms with Crippen LogP contribution in [-0.4, -0.2) is 32.1 Å². The van der Waals surface area contributed by atoms with Crippen molar-refractivity contribution < 1.29 is 9.53 Å². The first-order valence-corrected chi connectivity index (χ1v) is 9.16. The molecular formula is C15H24BrClN2O2S. The van der Waals surface area contributed by atoms with Gasteiger partial charge in [-0.25, -0.2) is 0 Å². The second-order valence-corrected chi connectivity index (χ2v) is 7.72. The van der Waals surface area contributed by atoms with Crippen molar-refractivity contribution >= 4 is 45.6 Å². The SMILES string of the molecule is COc1cc(C(=O)NCCNC2CCCCCC2)sc1Br.Cl. The largest absolute Gasteiger partial charge is 0.495 e. The summed E-state index contributed by atoms with van der Waals surface area (Å²) in [4.78, 5) is 12.7. The zero-order valence-corrected chi connectivity index (χ0v) is 16.0. The van der Waals surface area contributed by atoms with Crippen LogP contribution in [0.25, 0.3) is 0 Å². The van der Waals surface area contributed by atoms with Crippen LogP contribution in [0.5, 0.6) is 5.75 Å². The molecule has 1 amide bonds. The van der Waals surface area contributed by atoms with E-state index in [1.807, 2.05) is 0 Å². The molecule has 2 rings (SSSR count). The molecule has 4 nitrogen and oxygen atoms in total. The van der Waals surface area contributed by atoms with Crippen LogP contribution >= 0.6 is 39.7 Å². The van der Waals surface area contributed by atoms with E-state index in [4.69, 9.17) is 4.74 Å². The fraction of sp³-hybridized carbons (Fsp3) is 0.667. The zero-order chi connectivity index (χ0) is 15.1. The van der Waals surface area contributed by atoms with E-state index in [0.29, 0.717) is 23.2 Å². The molecule has 0 bridgehead atoms. The lowest BCUT2D eigenvalue weighted by molar-refractivity contribution is 0.0957. The maximum Gasteiger partial charge on any atom is 0.261 e. The molecule has 1 aliphatic rings. The highest BCUT2D eigenvalue weighted by molar-refractivity contribution is 9.11. The lowest BCUT2D eigenvalue weighted by atomic mass is 10.1. The third kappa shape index (κ3) is 6.07. The number of rotatable bonds is 6. The summed E-state index contributed by atoms with van der Waals surface area (Å²) in [6, 6.07) is 2.39. The number of carbonyl (C=O) groups is 1. The van der Waals surface area contributed by atoms with Gasteiger partial charge in [0.2, 0.25) is 0 Å². The summed E-state index contributed by atoms with van der Waals surface area (Å²) < 4.78 is 6.02. The van der Waals surface area contributed by atoms with Crippen molar-refractivity contribution in [2.75, 3.05) is 20.2 Å². The van der Waals surface area contributed by atoms with Crippen LogP contribution in [0.1, 0.15) is 48.2 Å². The van der Waals surface area contributed by atoms with Gasteiger partial charge in [0.25, 0.3) is 5.91 Å². The van der Waals surface area contributed by atoms with Crippen LogP contribution in [0.2, 0.25) is 0 Å². The van der Waals surface area contributed by atoms with Gasteiger partial charge in [-0.2, -0.15) is 0 Å². The van der Waals surface area contributed by atoms with Crippen molar-refractivity contribution in [1.29, 1.82) is 0 Å². The summed E-state index contributed by atoms with van der Waals surface area (Å²) in [7, 11) is 1.60. The van der Waals surface area contributed by atoms with E-state index in [9.17, 15) is 4.79 Å². The van der Waals surface area contributed by atoms with Gasteiger partial charge >= 0.3 is 0 Å². The number of hydrogen-bond acceptors (Lipinski definition) is 4. The van der Waals surface area contributed by atoms with E-state index in [-0.39, 0.29) is 18.3 Å². The molecule has 1 aromatic heterocycles. The number of thiophene rings is 1. The Balaban J connectivity index is 0.00000242. The molecule has 0 aromatic carbocycles. The van der Waals surface area contributed by atoms with Gasteiger partial charge in [-0.3, -0.25) is 4.79 Å². The Morgan fingerprint density at radius 3 is 2.59 bits per heavy atom. The maximum atomic E-state index is 12.0. The van der Waals surface area contributed by atoms with Crippen molar-refractivity contribution in [1.82, 2.24) is 10.6 Å². The molecule has 0 aliphatic heterocycles. The molecule has 0 atom stereocenters. The summed E-state index contributed by atoms with van der Waals surface area (Å²) >= 11 is 4.78. The van der Waals surface area contributed by atoms with Gasteiger partial charge in [-0.15, -0.1) is 23.7 Å². The second-order valence-electron chi connectivity index (χ2n) is 5.35. The Kier molecular flexibility index (Phi) is 9.40. The molecular weight excluding hydrogens is 388 g/mol. The maximum absolute atomic E-state index is 12.0. The third-order valence-electron chi connectivity index (χ3n) is 3.80. The Labute approximate surface area is 150 Å². The first-order valence-electron chi connectivity index (χ1n) is 7.55. The quantitative estimate of drug-likeness (QED) is 0.550. The zero-order valence-electron chi connectivity index (χ0n) is 12.8. The third-order valence-corrected chi connectivity index (χ3v) is 5.58. The van der Waals surface area contributed by atoms with E-state index in [1.54, 1.807) is 13.2 Å². The van der Waals surface area contributed by atoms with Crippen molar-refractivity contribution in [2.45, 2.75) is 44.6 Å². The average Bonchev–Trinajstić information content (AvgIpc) is 2.70. The molecule has 0 spiro atoms. The molecule has 1 aliphatic carbocycles. The topological polar surface area (TPSA) is 50.4 Å². The van der Waals surface area contributed by atoms with E-state index >= 15 is 0 Å². The highest BCUT2D eigenvalue weighted by Gasteiger charge is 2.14. The summed E-state index contributed by atoms with van der Waals surface area (Å²) in [5.41, 5.74) is 0. The second kappa shape index (κ2) is 10.5. The van der Waals surface area contributed by atoms with E-state index in [2.05, 4.69) is 26.6 Å². The molecule has 1 fully saturated rings. The van der Waals surface area contributed by atoms with Crippen LogP contribution in [0.3, 0.4) is 0 Å². The van der Waals surface area contributed by atoms with Gasteiger partial charge in [-0.05, 0) is 28.8 Å². The molecule has 7 heteroatoms. The summed E-state index contributed by atoms with van der Waals surface area (Å²) in [6.45, 7) is 1.49. The average molecular weight is 412 g/mol. The van der Waals surface area contributed by atoms with Crippen molar-refractivity contribution in [3.63, 3.8) is 0 Å². The molecule has 1 heterocycles. The predicted octanol–water partition coefficient (Wildman–Crippen LogP) is 3.98. The number of amides is 1. The number of carbonyl (C=O) groups excluding carboxylic acids is 1. The monoisotopic (exact) mass is 410 g/mol. The van der Waals surface area contributed by atoms with E-state index < -0.39 is 0 Å². The van der Waals surface area contributed by atoms with Gasteiger partial charge in [0.15, 0.2) is 0 Å². The minimum Gasteiger partial charge on any atom is -0.495 e. The number of halogens is 2. The standard InChI is InChI=1S/C15H23BrN2O2S.ClH/c1-20-12-10-13(21-14(12)16)15(19)18-9-8-17-11-6-4-2-3-5-7-11;/h10-11,17H,2-9H2,1H3,(H,18,19);1H. The van der Waals surface area contributed by atoms with Crippen LogP contribution in [0, 0.1) is 0 Å². The lowest BCUT2D eigenvalue weighted by Crippen LogP contribution is -2.36. The van der Waals surface area contributed by atoms with Crippen LogP contribution in [0.4, 0.5) is 0 Å². The molecule has 126 valence electrons. The first kappa shape index (κ1) is 19.7. The molecule has 2 N–H and O–H groups in total. The van der Waals surface area contributed by atoms with Gasteiger partial charge in [-0.1, -0.05) is 25.7 Å². The number of methoxy groups -OCH3 is 1. The molecule has 0 radical (unpaired) electrons. The van der Waals surface area contributed by atoms with Gasteiger partial charge < -0.3 is 15.4 Å². The Morgan fingerprint density at radius 1 is 1.32 bits per heavy atom. The minimum absolute atomic E-state index is 0. The summed E-state index contributed by atoms with van der Waals surface area (Å²) in [5, 5.41) is 6.50. The summed E-state index contributed by atoms with van der Waals surface area (Å²) in [5.74, 6) is 0.674.